The van der Waals surface area contributed by atoms with Crippen LogP contribution in [0.1, 0.15) is 16.7 Å². The number of rotatable bonds is 5. The highest BCUT2D eigenvalue weighted by Crippen LogP contribution is 2.13. The molecule has 0 amide bonds. The maximum atomic E-state index is 13.6. The predicted molar refractivity (Wildman–Crippen MR) is 98.9 cm³/mol. The van der Waals surface area contributed by atoms with Crippen LogP contribution in [0, 0.1) is 12.7 Å². The number of halogens is 1. The highest BCUT2D eigenvalue weighted by molar-refractivity contribution is 5.79. The van der Waals surface area contributed by atoms with Crippen LogP contribution in [0.2, 0.25) is 0 Å². The van der Waals surface area contributed by atoms with Crippen LogP contribution in [0.3, 0.4) is 0 Å². The first kappa shape index (κ1) is 17.8. The zero-order valence-corrected chi connectivity index (χ0v) is 14.7. The Hall–Kier alpha value is -2.56. The Bertz CT molecular complexity index is 710. The van der Waals surface area contributed by atoms with Crippen LogP contribution >= 0.6 is 0 Å². The second-order valence-electron chi connectivity index (χ2n) is 5.93. The number of aryl methyl sites for hydroxylation is 1. The van der Waals surface area contributed by atoms with Crippen LogP contribution in [0.5, 0.6) is 0 Å². The van der Waals surface area contributed by atoms with Crippen LogP contribution in [0.25, 0.3) is 0 Å². The summed E-state index contributed by atoms with van der Waals surface area (Å²) in [4.78, 5) is 6.28. The van der Waals surface area contributed by atoms with Gasteiger partial charge in [0.05, 0.1) is 0 Å². The minimum Gasteiger partial charge on any atom is -0.378 e. The zero-order valence-electron chi connectivity index (χ0n) is 14.7. The molecule has 0 heterocycles. The highest BCUT2D eigenvalue weighted by Gasteiger charge is 2.03. The van der Waals surface area contributed by atoms with E-state index >= 15 is 0 Å². The van der Waals surface area contributed by atoms with E-state index in [2.05, 4.69) is 38.7 Å². The first-order valence-electron chi connectivity index (χ1n) is 7.95. The molecule has 24 heavy (non-hydrogen) atoms. The van der Waals surface area contributed by atoms with Gasteiger partial charge in [-0.3, -0.25) is 4.99 Å². The summed E-state index contributed by atoms with van der Waals surface area (Å²) in [5.74, 6) is 0.504. The van der Waals surface area contributed by atoms with E-state index in [4.69, 9.17) is 0 Å². The van der Waals surface area contributed by atoms with Crippen molar-refractivity contribution in [2.75, 3.05) is 26.0 Å². The van der Waals surface area contributed by atoms with Gasteiger partial charge < -0.3 is 15.5 Å². The molecular weight excluding hydrogens is 303 g/mol. The van der Waals surface area contributed by atoms with E-state index in [-0.39, 0.29) is 5.82 Å². The van der Waals surface area contributed by atoms with E-state index in [1.54, 1.807) is 26.1 Å². The number of guanidine groups is 1. The Balaban J connectivity index is 1.90. The van der Waals surface area contributed by atoms with Gasteiger partial charge in [-0.2, -0.15) is 0 Å². The Kier molecular flexibility index (Phi) is 6.18. The molecule has 0 aromatic heterocycles. The summed E-state index contributed by atoms with van der Waals surface area (Å²) < 4.78 is 13.6. The molecule has 0 aliphatic heterocycles. The number of hydrogen-bond donors (Lipinski definition) is 2. The topological polar surface area (TPSA) is 39.7 Å². The summed E-state index contributed by atoms with van der Waals surface area (Å²) in [5, 5.41) is 6.48. The first-order chi connectivity index (χ1) is 11.5. The van der Waals surface area contributed by atoms with Gasteiger partial charge in [0.15, 0.2) is 5.96 Å². The van der Waals surface area contributed by atoms with Crippen LogP contribution in [0.4, 0.5) is 10.1 Å². The zero-order chi connectivity index (χ0) is 17.5. The summed E-state index contributed by atoms with van der Waals surface area (Å²) in [7, 11) is 5.77. The fraction of sp³-hybridized carbons (Fsp3) is 0.316. The Morgan fingerprint density at radius 1 is 1.04 bits per heavy atom. The van der Waals surface area contributed by atoms with E-state index < -0.39 is 0 Å². The molecule has 2 rings (SSSR count). The van der Waals surface area contributed by atoms with Crippen LogP contribution < -0.4 is 15.5 Å². The SMILES string of the molecule is CN=C(NCc1cccc(N(C)C)c1)NCc1ccc(C)c(F)c1. The van der Waals surface area contributed by atoms with Crippen molar-refractivity contribution < 1.29 is 4.39 Å². The van der Waals surface area contributed by atoms with Gasteiger partial charge in [-0.15, -0.1) is 0 Å². The lowest BCUT2D eigenvalue weighted by Crippen LogP contribution is -2.36. The third-order valence-electron chi connectivity index (χ3n) is 3.81. The molecule has 0 bridgehead atoms. The molecule has 0 spiro atoms. The van der Waals surface area contributed by atoms with Crippen molar-refractivity contribution in [3.05, 3.63) is 65.0 Å². The van der Waals surface area contributed by atoms with Gasteiger partial charge in [0.2, 0.25) is 0 Å². The monoisotopic (exact) mass is 328 g/mol. The number of nitrogens with zero attached hydrogens (tertiary/aromatic N) is 2. The molecule has 0 saturated heterocycles. The fourth-order valence-electron chi connectivity index (χ4n) is 2.28. The lowest BCUT2D eigenvalue weighted by molar-refractivity contribution is 0.615. The van der Waals surface area contributed by atoms with Crippen molar-refractivity contribution >= 4 is 11.6 Å². The van der Waals surface area contributed by atoms with E-state index in [0.717, 1.165) is 11.3 Å². The first-order valence-corrected chi connectivity index (χ1v) is 7.95. The van der Waals surface area contributed by atoms with Crippen molar-refractivity contribution in [3.63, 3.8) is 0 Å². The van der Waals surface area contributed by atoms with Gasteiger partial charge in [0, 0.05) is 39.9 Å². The number of nitrogens with one attached hydrogen (secondary N) is 2. The summed E-state index contributed by atoms with van der Waals surface area (Å²) in [6, 6.07) is 13.6. The Labute approximate surface area is 143 Å². The van der Waals surface area contributed by atoms with Gasteiger partial charge in [-0.1, -0.05) is 24.3 Å². The second-order valence-corrected chi connectivity index (χ2v) is 5.93. The van der Waals surface area contributed by atoms with Crippen molar-refractivity contribution in [1.82, 2.24) is 10.6 Å². The number of anilines is 1. The van der Waals surface area contributed by atoms with Crippen molar-refractivity contribution in [1.29, 1.82) is 0 Å². The third kappa shape index (κ3) is 4.98. The van der Waals surface area contributed by atoms with Gasteiger partial charge in [0.25, 0.3) is 0 Å². The number of benzene rings is 2. The summed E-state index contributed by atoms with van der Waals surface area (Å²) in [6.45, 7) is 2.95. The average molecular weight is 328 g/mol. The highest BCUT2D eigenvalue weighted by atomic mass is 19.1. The average Bonchev–Trinajstić information content (AvgIpc) is 2.58. The maximum Gasteiger partial charge on any atom is 0.191 e. The molecule has 4 nitrogen and oxygen atoms in total. The normalized spacial score (nSPS) is 11.3. The molecule has 0 radical (unpaired) electrons. The maximum absolute atomic E-state index is 13.6. The predicted octanol–water partition coefficient (Wildman–Crippen LogP) is 3.07. The largest absolute Gasteiger partial charge is 0.378 e. The lowest BCUT2D eigenvalue weighted by atomic mass is 10.1. The molecule has 2 aromatic carbocycles. The van der Waals surface area contributed by atoms with Gasteiger partial charge >= 0.3 is 0 Å². The molecule has 0 atom stereocenters. The Morgan fingerprint density at radius 3 is 2.29 bits per heavy atom. The van der Waals surface area contributed by atoms with Crippen molar-refractivity contribution in [2.24, 2.45) is 4.99 Å². The standard InChI is InChI=1S/C19H25FN4/c1-14-8-9-16(11-18(14)20)13-23-19(21-2)22-12-15-6-5-7-17(10-15)24(3)4/h5-11H,12-13H2,1-4H3,(H2,21,22,23). The number of aliphatic imine (C=N–C) groups is 1. The summed E-state index contributed by atoms with van der Waals surface area (Å²) >= 11 is 0. The van der Waals surface area contributed by atoms with E-state index in [9.17, 15) is 4.39 Å². The minimum atomic E-state index is -0.183. The molecule has 2 N–H and O–H groups in total. The molecule has 5 heteroatoms. The lowest BCUT2D eigenvalue weighted by Gasteiger charge is -2.15. The summed E-state index contributed by atoms with van der Waals surface area (Å²) in [5.41, 5.74) is 3.87. The Morgan fingerprint density at radius 2 is 1.71 bits per heavy atom. The molecule has 2 aromatic rings. The second kappa shape index (κ2) is 8.34. The van der Waals surface area contributed by atoms with Gasteiger partial charge in [-0.05, 0) is 41.8 Å². The number of hydrogen-bond acceptors (Lipinski definition) is 2. The molecule has 0 aliphatic carbocycles. The van der Waals surface area contributed by atoms with Crippen LogP contribution in [-0.2, 0) is 13.1 Å². The van der Waals surface area contributed by atoms with E-state index in [1.165, 1.54) is 5.56 Å². The van der Waals surface area contributed by atoms with E-state index in [1.807, 2.05) is 26.2 Å². The van der Waals surface area contributed by atoms with Gasteiger partial charge in [-0.25, -0.2) is 4.39 Å². The van der Waals surface area contributed by atoms with Crippen molar-refractivity contribution in [3.8, 4) is 0 Å². The molecule has 0 saturated carbocycles. The molecule has 128 valence electrons. The van der Waals surface area contributed by atoms with Crippen LogP contribution in [0.15, 0.2) is 47.5 Å². The smallest absolute Gasteiger partial charge is 0.191 e. The molecule has 0 unspecified atom stereocenters. The van der Waals surface area contributed by atoms with E-state index in [0.29, 0.717) is 24.6 Å². The third-order valence-corrected chi connectivity index (χ3v) is 3.81. The molecular formula is C19H25FN4. The molecule has 0 fully saturated rings. The summed E-state index contributed by atoms with van der Waals surface area (Å²) in [6.07, 6.45) is 0. The fourth-order valence-corrected chi connectivity index (χ4v) is 2.28. The van der Waals surface area contributed by atoms with Crippen molar-refractivity contribution in [2.45, 2.75) is 20.0 Å². The molecule has 0 aliphatic rings. The van der Waals surface area contributed by atoms with Crippen LogP contribution in [-0.4, -0.2) is 27.1 Å². The van der Waals surface area contributed by atoms with Gasteiger partial charge in [0.1, 0.15) is 5.82 Å². The minimum absolute atomic E-state index is 0.183. The quantitative estimate of drug-likeness (QED) is 0.654.